The lowest BCUT2D eigenvalue weighted by molar-refractivity contribution is 0.0718. The van der Waals surface area contributed by atoms with Gasteiger partial charge >= 0.3 is 0 Å². The minimum Gasteiger partial charge on any atom is -0.322 e. The molecule has 1 unspecified atom stereocenters. The fraction of sp³-hybridized carbons (Fsp3) is 0.500. The molecule has 0 radical (unpaired) electrons. The molecule has 21 heavy (non-hydrogen) atoms. The third-order valence-corrected chi connectivity index (χ3v) is 5.24. The SMILES string of the molecule is CN(C)C1(C(N)c2cccc3ccncc23)CCCCC1. The zero-order valence-corrected chi connectivity index (χ0v) is 13.0. The topological polar surface area (TPSA) is 42.1 Å². The van der Waals surface area contributed by atoms with Crippen LogP contribution in [0.25, 0.3) is 10.8 Å². The van der Waals surface area contributed by atoms with E-state index in [1.165, 1.54) is 48.4 Å². The molecule has 1 heterocycles. The maximum Gasteiger partial charge on any atom is 0.0488 e. The van der Waals surface area contributed by atoms with Gasteiger partial charge in [0, 0.05) is 29.4 Å². The van der Waals surface area contributed by atoms with E-state index in [9.17, 15) is 0 Å². The Hall–Kier alpha value is -1.45. The van der Waals surface area contributed by atoms with Crippen molar-refractivity contribution in [3.8, 4) is 0 Å². The normalized spacial score (nSPS) is 19.8. The van der Waals surface area contributed by atoms with Crippen LogP contribution in [0.4, 0.5) is 0 Å². The summed E-state index contributed by atoms with van der Waals surface area (Å²) in [5, 5.41) is 2.42. The molecule has 1 aliphatic carbocycles. The molecule has 0 bridgehead atoms. The molecule has 112 valence electrons. The molecule has 3 nitrogen and oxygen atoms in total. The van der Waals surface area contributed by atoms with E-state index < -0.39 is 0 Å². The molecule has 3 heteroatoms. The molecule has 1 saturated carbocycles. The van der Waals surface area contributed by atoms with Crippen molar-refractivity contribution in [1.29, 1.82) is 0 Å². The fourth-order valence-corrected chi connectivity index (χ4v) is 3.90. The molecule has 1 aromatic heterocycles. The summed E-state index contributed by atoms with van der Waals surface area (Å²) in [6, 6.07) is 8.52. The Bertz CT molecular complexity index is 609. The van der Waals surface area contributed by atoms with E-state index in [0.717, 1.165) is 0 Å². The van der Waals surface area contributed by atoms with Crippen LogP contribution < -0.4 is 5.73 Å². The first kappa shape index (κ1) is 14.5. The molecule has 1 aliphatic rings. The van der Waals surface area contributed by atoms with Gasteiger partial charge < -0.3 is 10.6 Å². The molecule has 2 aromatic rings. The van der Waals surface area contributed by atoms with Crippen molar-refractivity contribution in [2.75, 3.05) is 14.1 Å². The minimum atomic E-state index is 0.0284. The van der Waals surface area contributed by atoms with Gasteiger partial charge in [0.05, 0.1) is 0 Å². The largest absolute Gasteiger partial charge is 0.322 e. The second-order valence-electron chi connectivity index (χ2n) is 6.48. The molecule has 2 N–H and O–H groups in total. The molecular weight excluding hydrogens is 258 g/mol. The highest BCUT2D eigenvalue weighted by Gasteiger charge is 2.41. The van der Waals surface area contributed by atoms with E-state index in [2.05, 4.69) is 48.2 Å². The summed E-state index contributed by atoms with van der Waals surface area (Å²) in [5.41, 5.74) is 8.11. The van der Waals surface area contributed by atoms with Crippen molar-refractivity contribution in [1.82, 2.24) is 9.88 Å². The third kappa shape index (κ3) is 2.45. The summed E-state index contributed by atoms with van der Waals surface area (Å²) in [7, 11) is 4.35. The molecular formula is C18H25N3. The van der Waals surface area contributed by atoms with Crippen molar-refractivity contribution in [3.63, 3.8) is 0 Å². The van der Waals surface area contributed by atoms with Gasteiger partial charge in [-0.1, -0.05) is 37.5 Å². The van der Waals surface area contributed by atoms with Crippen LogP contribution in [-0.4, -0.2) is 29.5 Å². The van der Waals surface area contributed by atoms with Gasteiger partial charge in [-0.3, -0.25) is 4.98 Å². The van der Waals surface area contributed by atoms with Crippen LogP contribution in [0.3, 0.4) is 0 Å². The number of hydrogen-bond acceptors (Lipinski definition) is 3. The Morgan fingerprint density at radius 2 is 1.90 bits per heavy atom. The highest BCUT2D eigenvalue weighted by Crippen LogP contribution is 2.42. The van der Waals surface area contributed by atoms with Gasteiger partial charge in [-0.25, -0.2) is 0 Å². The van der Waals surface area contributed by atoms with Crippen molar-refractivity contribution in [2.45, 2.75) is 43.7 Å². The third-order valence-electron chi connectivity index (χ3n) is 5.24. The highest BCUT2D eigenvalue weighted by atomic mass is 15.2. The number of nitrogens with two attached hydrogens (primary N) is 1. The summed E-state index contributed by atoms with van der Waals surface area (Å²) < 4.78 is 0. The van der Waals surface area contributed by atoms with Crippen LogP contribution >= 0.6 is 0 Å². The highest BCUT2D eigenvalue weighted by molar-refractivity contribution is 5.85. The average molecular weight is 283 g/mol. The standard InChI is InChI=1S/C18H25N3/c1-21(2)18(10-4-3-5-11-18)17(19)15-8-6-7-14-9-12-20-13-16(14)15/h6-9,12-13,17H,3-5,10-11,19H2,1-2H3. The van der Waals surface area contributed by atoms with Gasteiger partial charge in [-0.2, -0.15) is 0 Å². The number of fused-ring (bicyclic) bond motifs is 1. The van der Waals surface area contributed by atoms with Gasteiger partial charge in [0.25, 0.3) is 0 Å². The van der Waals surface area contributed by atoms with E-state index in [1.807, 2.05) is 12.4 Å². The number of hydrogen-bond donors (Lipinski definition) is 1. The Morgan fingerprint density at radius 3 is 2.62 bits per heavy atom. The Balaban J connectivity index is 2.08. The molecule has 1 aromatic carbocycles. The molecule has 1 fully saturated rings. The van der Waals surface area contributed by atoms with E-state index >= 15 is 0 Å². The second kappa shape index (κ2) is 5.74. The van der Waals surface area contributed by atoms with Crippen molar-refractivity contribution in [2.24, 2.45) is 5.73 Å². The number of nitrogens with zero attached hydrogens (tertiary/aromatic N) is 2. The number of rotatable bonds is 3. The van der Waals surface area contributed by atoms with Crippen molar-refractivity contribution >= 4 is 10.8 Å². The molecule has 0 aliphatic heterocycles. The first-order valence-corrected chi connectivity index (χ1v) is 7.91. The number of aromatic nitrogens is 1. The quantitative estimate of drug-likeness (QED) is 0.937. The summed E-state index contributed by atoms with van der Waals surface area (Å²) >= 11 is 0. The first-order valence-electron chi connectivity index (χ1n) is 7.91. The van der Waals surface area contributed by atoms with Gasteiger partial charge in [0.15, 0.2) is 0 Å². The summed E-state index contributed by atoms with van der Waals surface area (Å²) in [6.45, 7) is 0. The zero-order chi connectivity index (χ0) is 14.9. The molecule has 0 spiro atoms. The lowest BCUT2D eigenvalue weighted by Gasteiger charge is -2.47. The van der Waals surface area contributed by atoms with Crippen molar-refractivity contribution in [3.05, 3.63) is 42.2 Å². The summed E-state index contributed by atoms with van der Waals surface area (Å²) in [5.74, 6) is 0. The average Bonchev–Trinajstić information content (AvgIpc) is 2.54. The molecule has 3 rings (SSSR count). The fourth-order valence-electron chi connectivity index (χ4n) is 3.90. The van der Waals surface area contributed by atoms with Crippen molar-refractivity contribution < 1.29 is 0 Å². The van der Waals surface area contributed by atoms with E-state index in [4.69, 9.17) is 5.73 Å². The van der Waals surface area contributed by atoms with E-state index in [1.54, 1.807) is 0 Å². The Kier molecular flexibility index (Phi) is 3.96. The first-order chi connectivity index (χ1) is 10.1. The predicted molar refractivity (Wildman–Crippen MR) is 88.2 cm³/mol. The molecule has 0 amide bonds. The zero-order valence-electron chi connectivity index (χ0n) is 13.0. The minimum absolute atomic E-state index is 0.0284. The summed E-state index contributed by atoms with van der Waals surface area (Å²) in [6.07, 6.45) is 10.0. The Morgan fingerprint density at radius 1 is 1.14 bits per heavy atom. The van der Waals surface area contributed by atoms with Gasteiger partial charge in [0.2, 0.25) is 0 Å². The van der Waals surface area contributed by atoms with E-state index in [-0.39, 0.29) is 11.6 Å². The van der Waals surface area contributed by atoms with Crippen LogP contribution in [0.5, 0.6) is 0 Å². The second-order valence-corrected chi connectivity index (χ2v) is 6.48. The predicted octanol–water partition coefficient (Wildman–Crippen LogP) is 3.50. The number of benzene rings is 1. The smallest absolute Gasteiger partial charge is 0.0488 e. The van der Waals surface area contributed by atoms with Gasteiger partial charge in [-0.15, -0.1) is 0 Å². The summed E-state index contributed by atoms with van der Waals surface area (Å²) in [4.78, 5) is 6.65. The van der Waals surface area contributed by atoms with Crippen LogP contribution in [0.2, 0.25) is 0 Å². The van der Waals surface area contributed by atoms with Crippen LogP contribution in [0.1, 0.15) is 43.7 Å². The van der Waals surface area contributed by atoms with E-state index in [0.29, 0.717) is 0 Å². The number of pyridine rings is 1. The maximum absolute atomic E-state index is 6.80. The lowest BCUT2D eigenvalue weighted by atomic mass is 9.73. The van der Waals surface area contributed by atoms with Gasteiger partial charge in [-0.05, 0) is 44.0 Å². The van der Waals surface area contributed by atoms with Crippen LogP contribution in [-0.2, 0) is 0 Å². The lowest BCUT2D eigenvalue weighted by Crippen LogP contribution is -2.53. The van der Waals surface area contributed by atoms with Gasteiger partial charge in [0.1, 0.15) is 0 Å². The number of likely N-dealkylation sites (N-methyl/N-ethyl adjacent to an activating group) is 1. The maximum atomic E-state index is 6.80. The molecule has 1 atom stereocenters. The molecule has 0 saturated heterocycles. The monoisotopic (exact) mass is 283 g/mol. The van der Waals surface area contributed by atoms with Crippen LogP contribution in [0.15, 0.2) is 36.7 Å². The Labute approximate surface area is 127 Å². The van der Waals surface area contributed by atoms with Crippen LogP contribution in [0, 0.1) is 0 Å².